The van der Waals surface area contributed by atoms with Crippen LogP contribution in [0.2, 0.25) is 5.15 Å². The van der Waals surface area contributed by atoms with Gasteiger partial charge >= 0.3 is 0 Å². The molecule has 1 heterocycles. The van der Waals surface area contributed by atoms with Gasteiger partial charge in [-0.25, -0.2) is 9.97 Å². The van der Waals surface area contributed by atoms with Gasteiger partial charge in [0.25, 0.3) is 0 Å². The molecule has 1 aromatic heterocycles. The average Bonchev–Trinajstić information content (AvgIpc) is 2.27. The maximum Gasteiger partial charge on any atom is 0.136 e. The molecule has 0 atom stereocenters. The fourth-order valence-electron chi connectivity index (χ4n) is 1.75. The minimum absolute atomic E-state index is 0.109. The molecule has 3 heteroatoms. The molecule has 1 aromatic carbocycles. The van der Waals surface area contributed by atoms with Crippen LogP contribution in [0.5, 0.6) is 0 Å². The molecule has 0 spiro atoms. The predicted molar refractivity (Wildman–Crippen MR) is 75.9 cm³/mol. The van der Waals surface area contributed by atoms with Crippen molar-refractivity contribution in [2.75, 3.05) is 0 Å². The molecule has 18 heavy (non-hydrogen) atoms. The van der Waals surface area contributed by atoms with Crippen molar-refractivity contribution in [2.24, 2.45) is 0 Å². The summed E-state index contributed by atoms with van der Waals surface area (Å²) in [6.45, 7) is 8.32. The highest BCUT2D eigenvalue weighted by atomic mass is 35.5. The Bertz CT molecular complexity index is 571. The monoisotopic (exact) mass is 260 g/mol. The number of rotatable bonds is 1. The lowest BCUT2D eigenvalue weighted by Gasteiger charge is -2.18. The van der Waals surface area contributed by atoms with Crippen LogP contribution in [0.4, 0.5) is 0 Å². The Labute approximate surface area is 113 Å². The van der Waals surface area contributed by atoms with Gasteiger partial charge in [0.2, 0.25) is 0 Å². The van der Waals surface area contributed by atoms with Crippen LogP contribution in [0.1, 0.15) is 32.2 Å². The highest BCUT2D eigenvalue weighted by Gasteiger charge is 2.19. The number of hydrogen-bond acceptors (Lipinski definition) is 2. The van der Waals surface area contributed by atoms with Crippen LogP contribution in [0.15, 0.2) is 30.3 Å². The van der Waals surface area contributed by atoms with Crippen molar-refractivity contribution in [2.45, 2.75) is 33.1 Å². The molecule has 2 aromatic rings. The molecule has 0 saturated heterocycles. The van der Waals surface area contributed by atoms with E-state index in [4.69, 9.17) is 11.6 Å². The van der Waals surface area contributed by atoms with Crippen LogP contribution < -0.4 is 0 Å². The van der Waals surface area contributed by atoms with E-state index in [9.17, 15) is 0 Å². The first-order valence-corrected chi connectivity index (χ1v) is 6.37. The zero-order chi connectivity index (χ0) is 13.3. The van der Waals surface area contributed by atoms with Crippen LogP contribution in [-0.2, 0) is 5.41 Å². The molecule has 0 amide bonds. The van der Waals surface area contributed by atoms with Crippen LogP contribution >= 0.6 is 11.6 Å². The first-order valence-electron chi connectivity index (χ1n) is 5.99. The summed E-state index contributed by atoms with van der Waals surface area (Å²) in [4.78, 5) is 8.95. The fraction of sp³-hybridized carbons (Fsp3) is 0.333. The Morgan fingerprint density at radius 2 is 1.72 bits per heavy atom. The molecular formula is C15H17ClN2. The molecule has 0 fully saturated rings. The number of aryl methyl sites for hydroxylation is 1. The minimum Gasteiger partial charge on any atom is -0.232 e. The first-order chi connectivity index (χ1) is 8.38. The third-order valence-corrected chi connectivity index (χ3v) is 2.98. The summed E-state index contributed by atoms with van der Waals surface area (Å²) >= 11 is 6.11. The summed E-state index contributed by atoms with van der Waals surface area (Å²) in [5.74, 6) is 0.772. The Morgan fingerprint density at radius 1 is 1.06 bits per heavy atom. The number of hydrogen-bond donors (Lipinski definition) is 0. The molecule has 0 aliphatic carbocycles. The fourth-order valence-corrected chi connectivity index (χ4v) is 1.93. The van der Waals surface area contributed by atoms with Crippen molar-refractivity contribution in [1.29, 1.82) is 0 Å². The van der Waals surface area contributed by atoms with Crippen LogP contribution in [0, 0.1) is 6.92 Å². The van der Waals surface area contributed by atoms with Crippen molar-refractivity contribution in [1.82, 2.24) is 9.97 Å². The number of halogens is 1. The van der Waals surface area contributed by atoms with Gasteiger partial charge < -0.3 is 0 Å². The van der Waals surface area contributed by atoms with Gasteiger partial charge in [0.05, 0.1) is 5.69 Å². The van der Waals surface area contributed by atoms with E-state index in [1.165, 1.54) is 5.56 Å². The highest BCUT2D eigenvalue weighted by molar-refractivity contribution is 6.29. The third kappa shape index (κ3) is 2.70. The molecule has 0 aliphatic rings. The maximum absolute atomic E-state index is 6.11. The van der Waals surface area contributed by atoms with E-state index in [1.807, 2.05) is 18.2 Å². The van der Waals surface area contributed by atoms with Crippen molar-refractivity contribution in [3.8, 4) is 11.3 Å². The highest BCUT2D eigenvalue weighted by Crippen LogP contribution is 2.27. The third-order valence-electron chi connectivity index (χ3n) is 2.79. The van der Waals surface area contributed by atoms with Gasteiger partial charge in [-0.05, 0) is 12.5 Å². The van der Waals surface area contributed by atoms with Gasteiger partial charge in [0.15, 0.2) is 0 Å². The van der Waals surface area contributed by atoms with Gasteiger partial charge in [-0.15, -0.1) is 0 Å². The summed E-state index contributed by atoms with van der Waals surface area (Å²) in [6, 6.07) is 9.98. The second-order valence-corrected chi connectivity index (χ2v) is 5.85. The average molecular weight is 261 g/mol. The van der Waals surface area contributed by atoms with E-state index in [2.05, 4.69) is 49.8 Å². The number of benzene rings is 1. The maximum atomic E-state index is 6.11. The van der Waals surface area contributed by atoms with Gasteiger partial charge in [0.1, 0.15) is 11.0 Å². The topological polar surface area (TPSA) is 25.8 Å². The molecule has 0 unspecified atom stereocenters. The minimum atomic E-state index is -0.109. The van der Waals surface area contributed by atoms with Crippen molar-refractivity contribution in [3.63, 3.8) is 0 Å². The molecule has 94 valence electrons. The Morgan fingerprint density at radius 3 is 2.33 bits per heavy atom. The van der Waals surface area contributed by atoms with E-state index >= 15 is 0 Å². The van der Waals surface area contributed by atoms with Crippen molar-refractivity contribution in [3.05, 3.63) is 46.9 Å². The summed E-state index contributed by atoms with van der Waals surface area (Å²) in [5.41, 5.74) is 3.07. The summed E-state index contributed by atoms with van der Waals surface area (Å²) < 4.78 is 0. The predicted octanol–water partition coefficient (Wildman–Crippen LogP) is 4.40. The normalized spacial score (nSPS) is 11.6. The smallest absolute Gasteiger partial charge is 0.136 e. The zero-order valence-corrected chi connectivity index (χ0v) is 11.9. The molecule has 0 N–H and O–H groups in total. The Balaban J connectivity index is 2.60. The quantitative estimate of drug-likeness (QED) is 0.710. The van der Waals surface area contributed by atoms with E-state index in [1.54, 1.807) is 0 Å². The van der Waals surface area contributed by atoms with Crippen molar-refractivity contribution < 1.29 is 0 Å². The largest absolute Gasteiger partial charge is 0.232 e. The van der Waals surface area contributed by atoms with Gasteiger partial charge in [-0.1, -0.05) is 56.6 Å². The standard InChI is InChI=1S/C15H17ClN2/c1-10-7-5-6-8-11(10)12-9-13(16)18-14(17-12)15(2,3)4/h5-9H,1-4H3. The summed E-state index contributed by atoms with van der Waals surface area (Å²) in [6.07, 6.45) is 0. The summed E-state index contributed by atoms with van der Waals surface area (Å²) in [7, 11) is 0. The van der Waals surface area contributed by atoms with E-state index in [0.29, 0.717) is 5.15 Å². The molecule has 0 bridgehead atoms. The lowest BCUT2D eigenvalue weighted by molar-refractivity contribution is 0.546. The second kappa shape index (κ2) is 4.69. The van der Waals surface area contributed by atoms with E-state index in [0.717, 1.165) is 17.1 Å². The summed E-state index contributed by atoms with van der Waals surface area (Å²) in [5, 5.41) is 0.494. The molecule has 2 rings (SSSR count). The molecule has 0 radical (unpaired) electrons. The lowest BCUT2D eigenvalue weighted by atomic mass is 9.95. The Kier molecular flexibility index (Phi) is 3.40. The van der Waals surface area contributed by atoms with Crippen LogP contribution in [0.3, 0.4) is 0 Å². The van der Waals surface area contributed by atoms with E-state index < -0.39 is 0 Å². The zero-order valence-electron chi connectivity index (χ0n) is 11.2. The molecule has 2 nitrogen and oxygen atoms in total. The second-order valence-electron chi connectivity index (χ2n) is 5.46. The van der Waals surface area contributed by atoms with Crippen LogP contribution in [0.25, 0.3) is 11.3 Å². The van der Waals surface area contributed by atoms with Crippen molar-refractivity contribution >= 4 is 11.6 Å². The van der Waals surface area contributed by atoms with Gasteiger partial charge in [-0.2, -0.15) is 0 Å². The molecular weight excluding hydrogens is 244 g/mol. The van der Waals surface area contributed by atoms with Gasteiger partial charge in [0, 0.05) is 17.0 Å². The van der Waals surface area contributed by atoms with Crippen LogP contribution in [-0.4, -0.2) is 9.97 Å². The number of nitrogens with zero attached hydrogens (tertiary/aromatic N) is 2. The number of aromatic nitrogens is 2. The molecule has 0 aliphatic heterocycles. The van der Waals surface area contributed by atoms with E-state index in [-0.39, 0.29) is 5.41 Å². The molecule has 0 saturated carbocycles. The lowest BCUT2D eigenvalue weighted by Crippen LogP contribution is -2.16. The van der Waals surface area contributed by atoms with Gasteiger partial charge in [-0.3, -0.25) is 0 Å². The Hall–Kier alpha value is -1.41. The SMILES string of the molecule is Cc1ccccc1-c1cc(Cl)nc(C(C)(C)C)n1. The first kappa shape index (κ1) is 13.0.